The zero-order valence-electron chi connectivity index (χ0n) is 13.4. The van der Waals surface area contributed by atoms with Crippen LogP contribution in [0.5, 0.6) is 0 Å². The number of nitrogens with one attached hydrogen (secondary N) is 1. The number of aryl methyl sites for hydroxylation is 1. The molecular formula is C19H28N2. The molecule has 2 nitrogen and oxygen atoms in total. The molecule has 0 amide bonds. The van der Waals surface area contributed by atoms with Gasteiger partial charge < -0.3 is 9.88 Å². The molecule has 1 atom stereocenters. The highest BCUT2D eigenvalue weighted by Crippen LogP contribution is 2.27. The third-order valence-corrected chi connectivity index (χ3v) is 5.03. The molecule has 1 heterocycles. The first kappa shape index (κ1) is 14.6. The molecule has 2 heteroatoms. The van der Waals surface area contributed by atoms with Gasteiger partial charge in [0.15, 0.2) is 0 Å². The average molecular weight is 284 g/mol. The first-order valence-electron chi connectivity index (χ1n) is 8.50. The van der Waals surface area contributed by atoms with E-state index >= 15 is 0 Å². The number of hydrogen-bond donors (Lipinski definition) is 1. The van der Waals surface area contributed by atoms with Crippen LogP contribution < -0.4 is 5.32 Å². The van der Waals surface area contributed by atoms with E-state index in [4.69, 9.17) is 0 Å². The molecule has 114 valence electrons. The fourth-order valence-electron chi connectivity index (χ4n) is 3.88. The normalized spacial score (nSPS) is 18.2. The molecule has 1 unspecified atom stereocenters. The second-order valence-corrected chi connectivity index (χ2v) is 6.80. The van der Waals surface area contributed by atoms with Crippen LogP contribution in [0.2, 0.25) is 0 Å². The minimum Gasteiger partial charge on any atom is -0.350 e. The third-order valence-electron chi connectivity index (χ3n) is 5.03. The number of fused-ring (bicyclic) bond motifs is 1. The van der Waals surface area contributed by atoms with E-state index in [1.165, 1.54) is 55.0 Å². The summed E-state index contributed by atoms with van der Waals surface area (Å²) in [4.78, 5) is 0. The summed E-state index contributed by atoms with van der Waals surface area (Å²) in [6, 6.07) is 9.44. The maximum absolute atomic E-state index is 3.74. The average Bonchev–Trinajstić information content (AvgIpc) is 2.88. The Balaban J connectivity index is 1.59. The molecule has 0 aliphatic heterocycles. The summed E-state index contributed by atoms with van der Waals surface area (Å²) in [6.45, 7) is 3.32. The number of nitrogens with zero attached hydrogens (tertiary/aromatic N) is 1. The fraction of sp³-hybridized carbons (Fsp3) is 0.579. The lowest BCUT2D eigenvalue weighted by atomic mass is 9.85. The molecule has 3 rings (SSSR count). The Bertz CT molecular complexity index is 578. The molecule has 1 aromatic carbocycles. The van der Waals surface area contributed by atoms with E-state index in [1.54, 1.807) is 0 Å². The van der Waals surface area contributed by atoms with Crippen molar-refractivity contribution in [2.24, 2.45) is 13.0 Å². The van der Waals surface area contributed by atoms with Crippen molar-refractivity contribution in [3.8, 4) is 0 Å². The van der Waals surface area contributed by atoms with Crippen LogP contribution in [-0.4, -0.2) is 10.6 Å². The molecule has 1 aliphatic carbocycles. The summed E-state index contributed by atoms with van der Waals surface area (Å²) in [5, 5.41) is 5.09. The number of rotatable bonds is 5. The highest BCUT2D eigenvalue weighted by molar-refractivity contribution is 5.83. The zero-order chi connectivity index (χ0) is 14.7. The summed E-state index contributed by atoms with van der Waals surface area (Å²) in [7, 11) is 2.14. The van der Waals surface area contributed by atoms with Crippen LogP contribution in [-0.2, 0) is 13.6 Å². The smallest absolute Gasteiger partial charge is 0.0523 e. The van der Waals surface area contributed by atoms with Gasteiger partial charge in [-0.15, -0.1) is 0 Å². The number of hydrogen-bond acceptors (Lipinski definition) is 1. The quantitative estimate of drug-likeness (QED) is 0.847. The van der Waals surface area contributed by atoms with Crippen LogP contribution in [0.4, 0.5) is 0 Å². The maximum atomic E-state index is 3.74. The Morgan fingerprint density at radius 2 is 2.00 bits per heavy atom. The predicted octanol–water partition coefficient (Wildman–Crippen LogP) is 4.63. The molecule has 1 aliphatic rings. The molecule has 0 spiro atoms. The summed E-state index contributed by atoms with van der Waals surface area (Å²) < 4.78 is 2.23. The van der Waals surface area contributed by atoms with Gasteiger partial charge in [-0.3, -0.25) is 0 Å². The van der Waals surface area contributed by atoms with Gasteiger partial charge in [0.25, 0.3) is 0 Å². The van der Waals surface area contributed by atoms with Gasteiger partial charge in [-0.25, -0.2) is 0 Å². The second kappa shape index (κ2) is 6.65. The minimum atomic E-state index is 0.614. The van der Waals surface area contributed by atoms with E-state index in [-0.39, 0.29) is 0 Å². The fourth-order valence-corrected chi connectivity index (χ4v) is 3.88. The van der Waals surface area contributed by atoms with Gasteiger partial charge in [-0.1, -0.05) is 50.3 Å². The predicted molar refractivity (Wildman–Crippen MR) is 90.4 cm³/mol. The van der Waals surface area contributed by atoms with Crippen molar-refractivity contribution in [3.63, 3.8) is 0 Å². The molecule has 1 saturated carbocycles. The highest BCUT2D eigenvalue weighted by atomic mass is 14.9. The summed E-state index contributed by atoms with van der Waals surface area (Å²) in [5.41, 5.74) is 2.78. The van der Waals surface area contributed by atoms with Gasteiger partial charge in [0.2, 0.25) is 0 Å². The van der Waals surface area contributed by atoms with Gasteiger partial charge in [0.1, 0.15) is 0 Å². The first-order chi connectivity index (χ1) is 10.2. The molecule has 0 bridgehead atoms. The van der Waals surface area contributed by atoms with Crippen LogP contribution in [0.3, 0.4) is 0 Å². The molecule has 0 saturated heterocycles. The Kier molecular flexibility index (Phi) is 4.64. The van der Waals surface area contributed by atoms with Crippen molar-refractivity contribution in [1.29, 1.82) is 0 Å². The van der Waals surface area contributed by atoms with Gasteiger partial charge in [-0.2, -0.15) is 0 Å². The van der Waals surface area contributed by atoms with E-state index < -0.39 is 0 Å². The topological polar surface area (TPSA) is 17.0 Å². The number of aromatic nitrogens is 1. The Morgan fingerprint density at radius 3 is 2.81 bits per heavy atom. The molecule has 1 aromatic heterocycles. The van der Waals surface area contributed by atoms with Crippen molar-refractivity contribution in [2.75, 3.05) is 0 Å². The van der Waals surface area contributed by atoms with E-state index in [0.29, 0.717) is 6.04 Å². The maximum Gasteiger partial charge on any atom is 0.0523 e. The van der Waals surface area contributed by atoms with Crippen LogP contribution in [0.25, 0.3) is 10.9 Å². The molecule has 1 N–H and O–H groups in total. The lowest BCUT2D eigenvalue weighted by Gasteiger charge is -2.25. The summed E-state index contributed by atoms with van der Waals surface area (Å²) >= 11 is 0. The molecular weight excluding hydrogens is 256 g/mol. The SMILES string of the molecule is CC(CC1CCCCC1)NCc1cccc2ccn(C)c12. The Morgan fingerprint density at radius 1 is 1.19 bits per heavy atom. The minimum absolute atomic E-state index is 0.614. The second-order valence-electron chi connectivity index (χ2n) is 6.80. The lowest BCUT2D eigenvalue weighted by molar-refractivity contribution is 0.305. The van der Waals surface area contributed by atoms with Crippen LogP contribution in [0, 0.1) is 5.92 Å². The number of para-hydroxylation sites is 1. The highest BCUT2D eigenvalue weighted by Gasteiger charge is 2.16. The lowest BCUT2D eigenvalue weighted by Crippen LogP contribution is -2.28. The van der Waals surface area contributed by atoms with E-state index in [1.807, 2.05) is 0 Å². The number of benzene rings is 1. The van der Waals surface area contributed by atoms with E-state index in [2.05, 4.69) is 54.3 Å². The first-order valence-corrected chi connectivity index (χ1v) is 8.50. The Labute approximate surface area is 128 Å². The Hall–Kier alpha value is -1.28. The summed E-state index contributed by atoms with van der Waals surface area (Å²) in [6.07, 6.45) is 10.7. The zero-order valence-corrected chi connectivity index (χ0v) is 13.4. The molecule has 0 radical (unpaired) electrons. The van der Waals surface area contributed by atoms with Gasteiger partial charge >= 0.3 is 0 Å². The van der Waals surface area contributed by atoms with Gasteiger partial charge in [0.05, 0.1) is 5.52 Å². The molecule has 21 heavy (non-hydrogen) atoms. The summed E-state index contributed by atoms with van der Waals surface area (Å²) in [5.74, 6) is 0.951. The van der Waals surface area contributed by atoms with Crippen LogP contribution in [0.1, 0.15) is 51.0 Å². The van der Waals surface area contributed by atoms with Gasteiger partial charge in [-0.05, 0) is 36.3 Å². The van der Waals surface area contributed by atoms with Crippen molar-refractivity contribution in [3.05, 3.63) is 36.0 Å². The monoisotopic (exact) mass is 284 g/mol. The largest absolute Gasteiger partial charge is 0.350 e. The van der Waals surface area contributed by atoms with Crippen LogP contribution in [0.15, 0.2) is 30.5 Å². The van der Waals surface area contributed by atoms with E-state index in [0.717, 1.165) is 12.5 Å². The molecule has 1 fully saturated rings. The van der Waals surface area contributed by atoms with Crippen molar-refractivity contribution in [1.82, 2.24) is 9.88 Å². The van der Waals surface area contributed by atoms with Gasteiger partial charge in [0, 0.05) is 25.8 Å². The molecule has 2 aromatic rings. The van der Waals surface area contributed by atoms with Crippen LogP contribution >= 0.6 is 0 Å². The van der Waals surface area contributed by atoms with Crippen molar-refractivity contribution >= 4 is 10.9 Å². The standard InChI is InChI=1S/C19H28N2/c1-15(13-16-7-4-3-5-8-16)20-14-18-10-6-9-17-11-12-21(2)19(17)18/h6,9-12,15-16,20H,3-5,7-8,13-14H2,1-2H3. The van der Waals surface area contributed by atoms with Crippen molar-refractivity contribution < 1.29 is 0 Å². The third kappa shape index (κ3) is 3.49. The van der Waals surface area contributed by atoms with Crippen molar-refractivity contribution in [2.45, 2.75) is 58.0 Å². The van der Waals surface area contributed by atoms with E-state index in [9.17, 15) is 0 Å².